The number of benzene rings is 2. The van der Waals surface area contributed by atoms with Gasteiger partial charge in [-0.05, 0) is 41.8 Å². The summed E-state index contributed by atoms with van der Waals surface area (Å²) in [5.74, 6) is 0. The lowest BCUT2D eigenvalue weighted by Gasteiger charge is -2.26. The first-order valence-electron chi connectivity index (χ1n) is 9.38. The van der Waals surface area contributed by atoms with Gasteiger partial charge in [-0.15, -0.1) is 0 Å². The van der Waals surface area contributed by atoms with Gasteiger partial charge in [-0.25, -0.2) is 13.2 Å². The highest BCUT2D eigenvalue weighted by Gasteiger charge is 2.26. The summed E-state index contributed by atoms with van der Waals surface area (Å²) >= 11 is 5.94. The van der Waals surface area contributed by atoms with Gasteiger partial charge in [0, 0.05) is 31.2 Å². The molecule has 0 aromatic heterocycles. The van der Waals surface area contributed by atoms with Crippen LogP contribution in [0.15, 0.2) is 53.4 Å². The third-order valence-corrected chi connectivity index (χ3v) is 6.72. The van der Waals surface area contributed by atoms with Gasteiger partial charge in [0.15, 0.2) is 0 Å². The number of sulfonamides is 1. The number of hydrogen-bond donors (Lipinski definition) is 2. The number of hydrogen-bond acceptors (Lipinski definition) is 4. The fraction of sp³-hybridized carbons (Fsp3) is 0.350. The van der Waals surface area contributed by atoms with E-state index in [0.717, 1.165) is 11.1 Å². The predicted molar refractivity (Wildman–Crippen MR) is 111 cm³/mol. The molecule has 2 amide bonds. The number of amides is 2. The van der Waals surface area contributed by atoms with E-state index in [2.05, 4.69) is 10.6 Å². The van der Waals surface area contributed by atoms with Gasteiger partial charge < -0.3 is 15.4 Å². The lowest BCUT2D eigenvalue weighted by molar-refractivity contribution is 0.0730. The van der Waals surface area contributed by atoms with Crippen LogP contribution in [0.5, 0.6) is 0 Å². The van der Waals surface area contributed by atoms with Crippen LogP contribution in [0.1, 0.15) is 11.1 Å². The van der Waals surface area contributed by atoms with Crippen molar-refractivity contribution in [2.75, 3.05) is 32.8 Å². The highest BCUT2D eigenvalue weighted by Crippen LogP contribution is 2.17. The van der Waals surface area contributed by atoms with E-state index in [4.69, 9.17) is 16.3 Å². The SMILES string of the molecule is O=C(NCCc1cccc(Cl)c1)NCc1ccc(S(=O)(=O)N2CCOCC2)cc1. The Balaban J connectivity index is 1.45. The quantitative estimate of drug-likeness (QED) is 0.696. The van der Waals surface area contributed by atoms with Gasteiger partial charge in [0.2, 0.25) is 10.0 Å². The number of morpholine rings is 1. The molecule has 3 rings (SSSR count). The zero-order valence-corrected chi connectivity index (χ0v) is 17.5. The number of ether oxygens (including phenoxy) is 1. The van der Waals surface area contributed by atoms with Crippen molar-refractivity contribution in [2.24, 2.45) is 0 Å². The van der Waals surface area contributed by atoms with E-state index < -0.39 is 10.0 Å². The number of carbonyl (C=O) groups excluding carboxylic acids is 1. The van der Waals surface area contributed by atoms with E-state index >= 15 is 0 Å². The van der Waals surface area contributed by atoms with Crippen LogP contribution in [0.4, 0.5) is 4.79 Å². The molecular weight excluding hydrogens is 414 g/mol. The first-order valence-corrected chi connectivity index (χ1v) is 11.2. The molecule has 0 atom stereocenters. The van der Waals surface area contributed by atoms with Crippen LogP contribution >= 0.6 is 11.6 Å². The van der Waals surface area contributed by atoms with Gasteiger partial charge in [-0.3, -0.25) is 0 Å². The molecule has 0 radical (unpaired) electrons. The Kier molecular flexibility index (Phi) is 7.49. The van der Waals surface area contributed by atoms with Crippen molar-refractivity contribution in [1.82, 2.24) is 14.9 Å². The number of urea groups is 1. The second kappa shape index (κ2) is 10.1. The summed E-state index contributed by atoms with van der Waals surface area (Å²) in [5, 5.41) is 6.23. The van der Waals surface area contributed by atoms with Crippen LogP contribution in [0.25, 0.3) is 0 Å². The van der Waals surface area contributed by atoms with E-state index in [1.807, 2.05) is 24.3 Å². The summed E-state index contributed by atoms with van der Waals surface area (Å²) in [6.07, 6.45) is 0.683. The molecular formula is C20H24ClN3O4S. The second-order valence-corrected chi connectivity index (χ2v) is 9.02. The van der Waals surface area contributed by atoms with Crippen molar-refractivity contribution >= 4 is 27.7 Å². The zero-order chi connectivity index (χ0) is 20.7. The smallest absolute Gasteiger partial charge is 0.315 e. The molecule has 0 aliphatic carbocycles. The molecule has 1 fully saturated rings. The first kappa shape index (κ1) is 21.6. The minimum Gasteiger partial charge on any atom is -0.379 e. The van der Waals surface area contributed by atoms with Crippen LogP contribution < -0.4 is 10.6 Å². The van der Waals surface area contributed by atoms with E-state index in [1.165, 1.54) is 4.31 Å². The molecule has 29 heavy (non-hydrogen) atoms. The lowest BCUT2D eigenvalue weighted by Crippen LogP contribution is -2.40. The third kappa shape index (κ3) is 6.17. The largest absolute Gasteiger partial charge is 0.379 e. The Hall–Kier alpha value is -2.13. The maximum Gasteiger partial charge on any atom is 0.315 e. The Labute approximate surface area is 176 Å². The fourth-order valence-corrected chi connectivity index (χ4v) is 4.59. The van der Waals surface area contributed by atoms with E-state index in [9.17, 15) is 13.2 Å². The Morgan fingerprint density at radius 1 is 1.03 bits per heavy atom. The molecule has 156 valence electrons. The van der Waals surface area contributed by atoms with Gasteiger partial charge in [0.05, 0.1) is 18.1 Å². The molecule has 0 saturated carbocycles. The van der Waals surface area contributed by atoms with Crippen molar-refractivity contribution in [3.05, 3.63) is 64.7 Å². The molecule has 9 heteroatoms. The molecule has 0 bridgehead atoms. The standard InChI is InChI=1S/C20H24ClN3O4S/c21-18-3-1-2-16(14-18)8-9-22-20(25)23-15-17-4-6-19(7-5-17)29(26,27)24-10-12-28-13-11-24/h1-7,14H,8-13,15H2,(H2,22,23,25). The maximum atomic E-state index is 12.6. The van der Waals surface area contributed by atoms with E-state index in [-0.39, 0.29) is 10.9 Å². The average molecular weight is 438 g/mol. The molecule has 0 unspecified atom stereocenters. The topological polar surface area (TPSA) is 87.7 Å². The van der Waals surface area contributed by atoms with Crippen molar-refractivity contribution < 1.29 is 17.9 Å². The minimum absolute atomic E-state index is 0.245. The van der Waals surface area contributed by atoms with Crippen LogP contribution in [0.3, 0.4) is 0 Å². The molecule has 1 heterocycles. The van der Waals surface area contributed by atoms with Crippen molar-refractivity contribution in [1.29, 1.82) is 0 Å². The Morgan fingerprint density at radius 2 is 1.76 bits per heavy atom. The van der Waals surface area contributed by atoms with Crippen LogP contribution in [-0.4, -0.2) is 51.6 Å². The molecule has 1 aliphatic rings. The van der Waals surface area contributed by atoms with Crippen LogP contribution in [0.2, 0.25) is 5.02 Å². The number of halogens is 1. The minimum atomic E-state index is -3.51. The highest BCUT2D eigenvalue weighted by molar-refractivity contribution is 7.89. The molecule has 2 aromatic carbocycles. The van der Waals surface area contributed by atoms with Gasteiger partial charge in [0.1, 0.15) is 0 Å². The summed E-state index contributed by atoms with van der Waals surface area (Å²) in [7, 11) is -3.51. The molecule has 1 aliphatic heterocycles. The van der Waals surface area contributed by atoms with Crippen LogP contribution in [0, 0.1) is 0 Å². The maximum absolute atomic E-state index is 12.6. The molecule has 7 nitrogen and oxygen atoms in total. The summed E-state index contributed by atoms with van der Waals surface area (Å²) in [4.78, 5) is 12.2. The van der Waals surface area contributed by atoms with Crippen LogP contribution in [-0.2, 0) is 27.7 Å². The van der Waals surface area contributed by atoms with Gasteiger partial charge in [-0.2, -0.15) is 4.31 Å². The molecule has 1 saturated heterocycles. The normalized spacial score (nSPS) is 15.1. The summed E-state index contributed by atoms with van der Waals surface area (Å²) < 4.78 is 31.8. The van der Waals surface area contributed by atoms with Crippen molar-refractivity contribution in [3.63, 3.8) is 0 Å². The molecule has 2 aromatic rings. The molecule has 2 N–H and O–H groups in total. The number of nitrogens with one attached hydrogen (secondary N) is 2. The van der Waals surface area contributed by atoms with Gasteiger partial charge >= 0.3 is 6.03 Å². The van der Waals surface area contributed by atoms with Crippen molar-refractivity contribution in [2.45, 2.75) is 17.9 Å². The Morgan fingerprint density at radius 3 is 2.45 bits per heavy atom. The summed E-state index contributed by atoms with van der Waals surface area (Å²) in [6.45, 7) is 2.34. The monoisotopic (exact) mass is 437 g/mol. The second-order valence-electron chi connectivity index (χ2n) is 6.65. The predicted octanol–water partition coefficient (Wildman–Crippen LogP) is 2.40. The summed E-state index contributed by atoms with van der Waals surface area (Å²) in [6, 6.07) is 13.8. The lowest BCUT2D eigenvalue weighted by atomic mass is 10.1. The van der Waals surface area contributed by atoms with E-state index in [1.54, 1.807) is 24.3 Å². The first-order chi connectivity index (χ1) is 13.9. The van der Waals surface area contributed by atoms with Gasteiger partial charge in [-0.1, -0.05) is 35.9 Å². The molecule has 0 spiro atoms. The van der Waals surface area contributed by atoms with Gasteiger partial charge in [0.25, 0.3) is 0 Å². The van der Waals surface area contributed by atoms with Crippen molar-refractivity contribution in [3.8, 4) is 0 Å². The number of rotatable bonds is 7. The third-order valence-electron chi connectivity index (χ3n) is 4.57. The van der Waals surface area contributed by atoms with E-state index in [0.29, 0.717) is 50.8 Å². The zero-order valence-electron chi connectivity index (χ0n) is 15.9. The Bertz CT molecular complexity index is 929. The number of carbonyl (C=O) groups is 1. The fourth-order valence-electron chi connectivity index (χ4n) is 2.97. The highest BCUT2D eigenvalue weighted by atomic mass is 35.5. The number of nitrogens with zero attached hydrogens (tertiary/aromatic N) is 1. The average Bonchev–Trinajstić information content (AvgIpc) is 2.73. The summed E-state index contributed by atoms with van der Waals surface area (Å²) in [5.41, 5.74) is 1.87.